The molecule has 0 aromatic heterocycles. The summed E-state index contributed by atoms with van der Waals surface area (Å²) in [4.78, 5) is 11.3. The third-order valence-corrected chi connectivity index (χ3v) is 2.08. The number of aliphatic hydroxyl groups excluding tert-OH is 1. The van der Waals surface area contributed by atoms with Crippen LogP contribution in [0.15, 0.2) is 0 Å². The molecule has 3 nitrogen and oxygen atoms in total. The number of hydrogen-bond donors (Lipinski definition) is 1. The average molecular weight is 173 g/mol. The topological polar surface area (TPSA) is 60.4 Å². The van der Waals surface area contributed by atoms with Crippen molar-refractivity contribution < 1.29 is 15.0 Å². The fourth-order valence-corrected chi connectivity index (χ4v) is 1.21. The summed E-state index contributed by atoms with van der Waals surface area (Å²) >= 11 is 0. The van der Waals surface area contributed by atoms with Gasteiger partial charge in [-0.1, -0.05) is 13.8 Å². The molecular formula is C9H17O3-. The number of Topliss-reactive ketones (excluding diaryl/α,β-unsaturated/α-hetero) is 1. The van der Waals surface area contributed by atoms with Crippen LogP contribution in [0, 0.1) is 5.92 Å². The Morgan fingerprint density at radius 2 is 1.92 bits per heavy atom. The van der Waals surface area contributed by atoms with Crippen LogP contribution in [0.25, 0.3) is 0 Å². The molecule has 0 aliphatic carbocycles. The third-order valence-electron chi connectivity index (χ3n) is 2.08. The molecule has 0 aromatic rings. The zero-order valence-electron chi connectivity index (χ0n) is 7.75. The van der Waals surface area contributed by atoms with Crippen LogP contribution in [0.1, 0.15) is 39.5 Å². The van der Waals surface area contributed by atoms with Crippen LogP contribution < -0.4 is 5.11 Å². The molecule has 0 heterocycles. The zero-order valence-corrected chi connectivity index (χ0v) is 7.75. The number of hydrogen-bond acceptors (Lipinski definition) is 3. The van der Waals surface area contributed by atoms with Gasteiger partial charge in [-0.15, -0.1) is 0 Å². The lowest BCUT2D eigenvalue weighted by atomic mass is 9.95. The van der Waals surface area contributed by atoms with Crippen molar-refractivity contribution in [1.29, 1.82) is 0 Å². The van der Waals surface area contributed by atoms with Gasteiger partial charge in [0.15, 0.2) is 0 Å². The summed E-state index contributed by atoms with van der Waals surface area (Å²) in [7, 11) is 0. The van der Waals surface area contributed by atoms with Crippen LogP contribution in [-0.4, -0.2) is 17.2 Å². The summed E-state index contributed by atoms with van der Waals surface area (Å²) in [5.74, 6) is 0.179. The molecule has 0 saturated carbocycles. The Kier molecular flexibility index (Phi) is 5.93. The summed E-state index contributed by atoms with van der Waals surface area (Å²) < 4.78 is 0. The van der Waals surface area contributed by atoms with E-state index in [4.69, 9.17) is 5.11 Å². The van der Waals surface area contributed by atoms with Crippen molar-refractivity contribution in [2.24, 2.45) is 5.92 Å². The fraction of sp³-hybridized carbons (Fsp3) is 0.889. The molecule has 1 unspecified atom stereocenters. The highest BCUT2D eigenvalue weighted by molar-refractivity contribution is 5.80. The lowest BCUT2D eigenvalue weighted by molar-refractivity contribution is -0.483. The van der Waals surface area contributed by atoms with Crippen molar-refractivity contribution in [3.05, 3.63) is 0 Å². The minimum absolute atomic E-state index is 0.0509. The first-order valence-corrected chi connectivity index (χ1v) is 4.48. The number of aliphatic hydroxyl groups is 1. The minimum Gasteiger partial charge on any atom is -0.831 e. The Morgan fingerprint density at radius 1 is 1.42 bits per heavy atom. The van der Waals surface area contributed by atoms with E-state index in [0.29, 0.717) is 0 Å². The second-order valence-electron chi connectivity index (χ2n) is 2.97. The van der Waals surface area contributed by atoms with E-state index in [-0.39, 0.29) is 24.5 Å². The van der Waals surface area contributed by atoms with Crippen molar-refractivity contribution in [2.45, 2.75) is 45.8 Å². The molecule has 0 amide bonds. The van der Waals surface area contributed by atoms with Crippen LogP contribution in [0.4, 0.5) is 0 Å². The highest BCUT2D eigenvalue weighted by atomic mass is 16.5. The smallest absolute Gasteiger partial charge is 0.136 e. The van der Waals surface area contributed by atoms with Gasteiger partial charge in [-0.25, -0.2) is 0 Å². The lowest BCUT2D eigenvalue weighted by Gasteiger charge is -2.16. The first kappa shape index (κ1) is 11.6. The van der Waals surface area contributed by atoms with Crippen LogP contribution in [-0.2, 0) is 4.79 Å². The number of carbonyl (C=O) groups excluding carboxylic acids is 1. The van der Waals surface area contributed by atoms with Gasteiger partial charge in [-0.05, 0) is 25.6 Å². The molecule has 0 fully saturated rings. The lowest BCUT2D eigenvalue weighted by Crippen LogP contribution is -2.26. The molecule has 0 saturated heterocycles. The fourth-order valence-electron chi connectivity index (χ4n) is 1.21. The van der Waals surface area contributed by atoms with Gasteiger partial charge >= 0.3 is 0 Å². The largest absolute Gasteiger partial charge is 0.831 e. The van der Waals surface area contributed by atoms with Gasteiger partial charge in [0.25, 0.3) is 0 Å². The van der Waals surface area contributed by atoms with Crippen molar-refractivity contribution in [1.82, 2.24) is 0 Å². The van der Waals surface area contributed by atoms with E-state index in [1.807, 2.05) is 13.8 Å². The maximum absolute atomic E-state index is 11.3. The highest BCUT2D eigenvalue weighted by Gasteiger charge is 2.13. The van der Waals surface area contributed by atoms with E-state index >= 15 is 0 Å². The van der Waals surface area contributed by atoms with Gasteiger partial charge in [0.2, 0.25) is 0 Å². The van der Waals surface area contributed by atoms with Crippen LogP contribution in [0.5, 0.6) is 0 Å². The Bertz CT molecular complexity index is 128. The molecule has 1 N–H and O–H groups in total. The number of ketones is 1. The van der Waals surface area contributed by atoms with Crippen LogP contribution in [0.2, 0.25) is 0 Å². The van der Waals surface area contributed by atoms with E-state index in [9.17, 15) is 9.90 Å². The van der Waals surface area contributed by atoms with E-state index < -0.39 is 6.29 Å². The molecule has 0 aromatic carbocycles. The summed E-state index contributed by atoms with van der Waals surface area (Å²) in [5.41, 5.74) is 0. The maximum Gasteiger partial charge on any atom is 0.136 e. The van der Waals surface area contributed by atoms with E-state index in [1.165, 1.54) is 0 Å². The van der Waals surface area contributed by atoms with E-state index in [1.54, 1.807) is 0 Å². The Labute approximate surface area is 73.4 Å². The average Bonchev–Trinajstić information content (AvgIpc) is 2.03. The van der Waals surface area contributed by atoms with Crippen molar-refractivity contribution in [2.75, 3.05) is 0 Å². The van der Waals surface area contributed by atoms with Gasteiger partial charge in [0.05, 0.1) is 0 Å². The van der Waals surface area contributed by atoms with Crippen LogP contribution >= 0.6 is 0 Å². The summed E-state index contributed by atoms with van der Waals surface area (Å²) in [6, 6.07) is 0. The molecule has 12 heavy (non-hydrogen) atoms. The van der Waals surface area contributed by atoms with Crippen molar-refractivity contribution in [3.8, 4) is 0 Å². The Balaban J connectivity index is 3.69. The standard InChI is InChI=1S/C9H17O3/c1-3-7(4-2)8(10)5-6-9(11)12/h7,9,11H,3-6H2,1-2H3/q-1. The van der Waals surface area contributed by atoms with E-state index in [0.717, 1.165) is 12.8 Å². The minimum atomic E-state index is -1.59. The molecule has 3 heteroatoms. The van der Waals surface area contributed by atoms with Gasteiger partial charge in [0, 0.05) is 12.3 Å². The molecule has 72 valence electrons. The zero-order chi connectivity index (χ0) is 9.56. The van der Waals surface area contributed by atoms with Crippen LogP contribution in [0.3, 0.4) is 0 Å². The molecule has 0 rings (SSSR count). The van der Waals surface area contributed by atoms with Gasteiger partial charge < -0.3 is 10.2 Å². The molecular weight excluding hydrogens is 156 g/mol. The Morgan fingerprint density at radius 3 is 2.25 bits per heavy atom. The van der Waals surface area contributed by atoms with Gasteiger partial charge in [0.1, 0.15) is 5.78 Å². The van der Waals surface area contributed by atoms with Gasteiger partial charge in [-0.3, -0.25) is 4.79 Å². The monoisotopic (exact) mass is 173 g/mol. The molecule has 0 aliphatic rings. The first-order valence-electron chi connectivity index (χ1n) is 4.48. The molecule has 0 radical (unpaired) electrons. The molecule has 0 aliphatic heterocycles. The first-order chi connectivity index (χ1) is 5.61. The quantitative estimate of drug-likeness (QED) is 0.593. The van der Waals surface area contributed by atoms with E-state index in [2.05, 4.69) is 0 Å². The SMILES string of the molecule is CCC(CC)C(=O)CCC([O-])O. The highest BCUT2D eigenvalue weighted by Crippen LogP contribution is 2.12. The predicted octanol–water partition coefficient (Wildman–Crippen LogP) is 0.451. The number of carbonyl (C=O) groups is 1. The predicted molar refractivity (Wildman–Crippen MR) is 44.3 cm³/mol. The Hall–Kier alpha value is -0.410. The molecule has 0 spiro atoms. The summed E-state index contributed by atoms with van der Waals surface area (Å²) in [6.07, 6.45) is 0.323. The van der Waals surface area contributed by atoms with Gasteiger partial charge in [-0.2, -0.15) is 0 Å². The van der Waals surface area contributed by atoms with Crippen molar-refractivity contribution in [3.63, 3.8) is 0 Å². The maximum atomic E-state index is 11.3. The number of rotatable bonds is 6. The normalized spacial score (nSPS) is 13.4. The summed E-state index contributed by atoms with van der Waals surface area (Å²) in [5, 5.41) is 18.7. The third kappa shape index (κ3) is 4.46. The second-order valence-corrected chi connectivity index (χ2v) is 2.97. The molecule has 0 bridgehead atoms. The second kappa shape index (κ2) is 6.14. The summed E-state index contributed by atoms with van der Waals surface area (Å²) in [6.45, 7) is 3.92. The molecule has 1 atom stereocenters. The van der Waals surface area contributed by atoms with Crippen molar-refractivity contribution >= 4 is 5.78 Å².